The first-order valence-corrected chi connectivity index (χ1v) is 7.86. The number of benzene rings is 2. The molecule has 3 aromatic rings. The van der Waals surface area contributed by atoms with Crippen LogP contribution >= 0.6 is 0 Å². The molecule has 0 unspecified atom stereocenters. The van der Waals surface area contributed by atoms with E-state index in [0.717, 1.165) is 0 Å². The monoisotopic (exact) mass is 357 g/mol. The molecule has 1 amide bonds. The molecule has 1 aromatic heterocycles. The first-order valence-electron chi connectivity index (χ1n) is 7.86. The molecular formula is C17H16FN5O3. The van der Waals surface area contributed by atoms with Gasteiger partial charge in [-0.2, -0.15) is 0 Å². The van der Waals surface area contributed by atoms with Gasteiger partial charge in [0.2, 0.25) is 0 Å². The standard InChI is InChI=1S/C17H16FN5O3/c1-19-17(24)12-9-11(23(25)26)3-5-13(12)20-7-6-16-21-14-4-2-10(18)8-15(14)22-16/h2-5,8-9,20H,6-7H2,1H3,(H,19,24)(H,21,22). The van der Waals surface area contributed by atoms with Crippen LogP contribution in [-0.4, -0.2) is 34.4 Å². The van der Waals surface area contributed by atoms with E-state index in [9.17, 15) is 19.3 Å². The molecule has 0 radical (unpaired) electrons. The summed E-state index contributed by atoms with van der Waals surface area (Å²) in [5.41, 5.74) is 1.79. The maximum Gasteiger partial charge on any atom is 0.270 e. The number of imidazole rings is 1. The van der Waals surface area contributed by atoms with Gasteiger partial charge in [0, 0.05) is 37.8 Å². The number of anilines is 1. The molecular weight excluding hydrogens is 341 g/mol. The fourth-order valence-corrected chi connectivity index (χ4v) is 2.59. The van der Waals surface area contributed by atoms with Crippen molar-refractivity contribution in [3.05, 3.63) is 63.7 Å². The number of rotatable bonds is 6. The van der Waals surface area contributed by atoms with E-state index < -0.39 is 10.8 Å². The van der Waals surface area contributed by atoms with Gasteiger partial charge in [0.15, 0.2) is 0 Å². The number of halogens is 1. The smallest absolute Gasteiger partial charge is 0.270 e. The van der Waals surface area contributed by atoms with Crippen LogP contribution in [-0.2, 0) is 6.42 Å². The van der Waals surface area contributed by atoms with E-state index in [-0.39, 0.29) is 17.1 Å². The molecule has 0 spiro atoms. The van der Waals surface area contributed by atoms with Crippen LogP contribution in [0.3, 0.4) is 0 Å². The van der Waals surface area contributed by atoms with E-state index in [0.29, 0.717) is 35.5 Å². The lowest BCUT2D eigenvalue weighted by atomic mass is 10.1. The normalized spacial score (nSPS) is 10.7. The van der Waals surface area contributed by atoms with Crippen molar-refractivity contribution in [1.82, 2.24) is 15.3 Å². The maximum absolute atomic E-state index is 13.2. The molecule has 0 aliphatic carbocycles. The Labute approximate surface area is 147 Å². The summed E-state index contributed by atoms with van der Waals surface area (Å²) in [4.78, 5) is 29.7. The van der Waals surface area contributed by atoms with E-state index in [1.807, 2.05) is 0 Å². The quantitative estimate of drug-likeness (QED) is 0.464. The van der Waals surface area contributed by atoms with Crippen molar-refractivity contribution in [2.75, 3.05) is 18.9 Å². The van der Waals surface area contributed by atoms with Gasteiger partial charge < -0.3 is 15.6 Å². The number of carbonyl (C=O) groups is 1. The van der Waals surface area contributed by atoms with Crippen LogP contribution in [0.5, 0.6) is 0 Å². The van der Waals surface area contributed by atoms with Crippen LogP contribution in [0.15, 0.2) is 36.4 Å². The molecule has 0 bridgehead atoms. The number of nitrogens with one attached hydrogen (secondary N) is 3. The average molecular weight is 357 g/mol. The van der Waals surface area contributed by atoms with Gasteiger partial charge in [-0.3, -0.25) is 14.9 Å². The van der Waals surface area contributed by atoms with Crippen molar-refractivity contribution in [2.45, 2.75) is 6.42 Å². The predicted octanol–water partition coefficient (Wildman–Crippen LogP) is 2.62. The van der Waals surface area contributed by atoms with E-state index in [1.54, 1.807) is 6.07 Å². The van der Waals surface area contributed by atoms with Crippen molar-refractivity contribution in [3.8, 4) is 0 Å². The van der Waals surface area contributed by atoms with Crippen molar-refractivity contribution < 1.29 is 14.1 Å². The number of aromatic nitrogens is 2. The highest BCUT2D eigenvalue weighted by Gasteiger charge is 2.15. The van der Waals surface area contributed by atoms with Crippen LogP contribution in [0, 0.1) is 15.9 Å². The van der Waals surface area contributed by atoms with Crippen molar-refractivity contribution in [1.29, 1.82) is 0 Å². The third-order valence-electron chi connectivity index (χ3n) is 3.86. The summed E-state index contributed by atoms with van der Waals surface area (Å²) in [6.07, 6.45) is 0.500. The van der Waals surface area contributed by atoms with E-state index >= 15 is 0 Å². The largest absolute Gasteiger partial charge is 0.384 e. The Morgan fingerprint density at radius 3 is 2.85 bits per heavy atom. The SMILES string of the molecule is CNC(=O)c1cc([N+](=O)[O-])ccc1NCCc1nc2ccc(F)cc2[nH]1. The Morgan fingerprint density at radius 2 is 2.12 bits per heavy atom. The topological polar surface area (TPSA) is 113 Å². The molecule has 2 aromatic carbocycles. The van der Waals surface area contributed by atoms with E-state index in [4.69, 9.17) is 0 Å². The van der Waals surface area contributed by atoms with Gasteiger partial charge in [0.25, 0.3) is 11.6 Å². The molecule has 26 heavy (non-hydrogen) atoms. The number of hydrogen-bond acceptors (Lipinski definition) is 5. The number of nitrogens with zero attached hydrogens (tertiary/aromatic N) is 2. The fourth-order valence-electron chi connectivity index (χ4n) is 2.59. The fraction of sp³-hybridized carbons (Fsp3) is 0.176. The second kappa shape index (κ2) is 7.18. The van der Waals surface area contributed by atoms with Crippen LogP contribution in [0.4, 0.5) is 15.8 Å². The first kappa shape index (κ1) is 17.3. The highest BCUT2D eigenvalue weighted by Crippen LogP contribution is 2.22. The van der Waals surface area contributed by atoms with Crippen LogP contribution < -0.4 is 10.6 Å². The molecule has 0 fully saturated rings. The van der Waals surface area contributed by atoms with Gasteiger partial charge in [-0.15, -0.1) is 0 Å². The molecule has 134 valence electrons. The molecule has 0 saturated carbocycles. The van der Waals surface area contributed by atoms with Crippen LogP contribution in [0.25, 0.3) is 11.0 Å². The molecule has 0 aliphatic heterocycles. The second-order valence-electron chi connectivity index (χ2n) is 5.59. The third kappa shape index (κ3) is 3.61. The minimum atomic E-state index is -0.552. The average Bonchev–Trinajstić information content (AvgIpc) is 3.02. The Kier molecular flexibility index (Phi) is 4.78. The molecule has 8 nitrogen and oxygen atoms in total. The molecule has 3 rings (SSSR count). The number of hydrogen-bond donors (Lipinski definition) is 3. The van der Waals surface area contributed by atoms with Gasteiger partial charge in [-0.1, -0.05) is 0 Å². The van der Waals surface area contributed by atoms with Crippen molar-refractivity contribution >= 4 is 28.3 Å². The van der Waals surface area contributed by atoms with Gasteiger partial charge in [0.1, 0.15) is 11.6 Å². The number of aromatic amines is 1. The minimum Gasteiger partial charge on any atom is -0.384 e. The Hall–Kier alpha value is -3.49. The lowest BCUT2D eigenvalue weighted by molar-refractivity contribution is -0.384. The molecule has 0 atom stereocenters. The number of nitro benzene ring substituents is 1. The maximum atomic E-state index is 13.2. The summed E-state index contributed by atoms with van der Waals surface area (Å²) < 4.78 is 13.2. The number of fused-ring (bicyclic) bond motifs is 1. The molecule has 1 heterocycles. The highest BCUT2D eigenvalue weighted by molar-refractivity contribution is 6.00. The van der Waals surface area contributed by atoms with E-state index in [2.05, 4.69) is 20.6 Å². The number of amides is 1. The van der Waals surface area contributed by atoms with Crippen molar-refractivity contribution in [2.24, 2.45) is 0 Å². The predicted molar refractivity (Wildman–Crippen MR) is 94.7 cm³/mol. The zero-order valence-corrected chi connectivity index (χ0v) is 13.9. The van der Waals surface area contributed by atoms with Crippen LogP contribution in [0.1, 0.15) is 16.2 Å². The van der Waals surface area contributed by atoms with Gasteiger partial charge in [0.05, 0.1) is 21.5 Å². The summed E-state index contributed by atoms with van der Waals surface area (Å²) in [6, 6.07) is 8.37. The summed E-state index contributed by atoms with van der Waals surface area (Å²) >= 11 is 0. The first-order chi connectivity index (χ1) is 12.5. The Balaban J connectivity index is 1.73. The van der Waals surface area contributed by atoms with Gasteiger partial charge >= 0.3 is 0 Å². The molecule has 9 heteroatoms. The molecule has 3 N–H and O–H groups in total. The number of nitro groups is 1. The van der Waals surface area contributed by atoms with Gasteiger partial charge in [-0.05, 0) is 24.3 Å². The minimum absolute atomic E-state index is 0.159. The number of non-ortho nitro benzene ring substituents is 1. The van der Waals surface area contributed by atoms with Crippen LogP contribution in [0.2, 0.25) is 0 Å². The lowest BCUT2D eigenvalue weighted by Gasteiger charge is -2.10. The summed E-state index contributed by atoms with van der Waals surface area (Å²) in [5.74, 6) is -0.0937. The zero-order chi connectivity index (χ0) is 18.7. The van der Waals surface area contributed by atoms with E-state index in [1.165, 1.54) is 37.4 Å². The van der Waals surface area contributed by atoms with Gasteiger partial charge in [-0.25, -0.2) is 9.37 Å². The highest BCUT2D eigenvalue weighted by atomic mass is 19.1. The summed E-state index contributed by atoms with van der Waals surface area (Å²) in [5, 5.41) is 16.4. The lowest BCUT2D eigenvalue weighted by Crippen LogP contribution is -2.20. The molecule has 0 saturated heterocycles. The zero-order valence-electron chi connectivity index (χ0n) is 13.9. The molecule has 0 aliphatic rings. The second-order valence-corrected chi connectivity index (χ2v) is 5.59. The third-order valence-corrected chi connectivity index (χ3v) is 3.86. The number of H-pyrrole nitrogens is 1. The number of carbonyl (C=O) groups excluding carboxylic acids is 1. The Bertz CT molecular complexity index is 986. The summed E-state index contributed by atoms with van der Waals surface area (Å²) in [6.45, 7) is 0.435. The van der Waals surface area contributed by atoms with Crippen molar-refractivity contribution in [3.63, 3.8) is 0 Å². The Morgan fingerprint density at radius 1 is 1.31 bits per heavy atom. The summed E-state index contributed by atoms with van der Waals surface area (Å²) in [7, 11) is 1.46.